The van der Waals surface area contributed by atoms with Crippen molar-refractivity contribution in [2.45, 2.75) is 38.7 Å². The van der Waals surface area contributed by atoms with Gasteiger partial charge in [0, 0.05) is 0 Å². The van der Waals surface area contributed by atoms with E-state index in [2.05, 4.69) is 6.92 Å². The number of esters is 1. The number of para-hydroxylation sites is 4. The first-order valence-corrected chi connectivity index (χ1v) is 12.2. The SMILES string of the molecule is CCCCC1(OCC(=O)OCC)COc2ccccc2OCCOCCOc2ccccc2OC1. The molecular formula is C27H36O8. The molecule has 1 heterocycles. The number of hydrogen-bond donors (Lipinski definition) is 0. The van der Waals surface area contributed by atoms with E-state index >= 15 is 0 Å². The van der Waals surface area contributed by atoms with Gasteiger partial charge in [-0.25, -0.2) is 4.79 Å². The average molecular weight is 489 g/mol. The van der Waals surface area contributed by atoms with Crippen molar-refractivity contribution in [3.63, 3.8) is 0 Å². The lowest BCUT2D eigenvalue weighted by Gasteiger charge is -2.33. The van der Waals surface area contributed by atoms with E-state index < -0.39 is 11.6 Å². The van der Waals surface area contributed by atoms with Crippen LogP contribution in [-0.4, -0.2) is 64.4 Å². The summed E-state index contributed by atoms with van der Waals surface area (Å²) in [4.78, 5) is 12.1. The third-order valence-electron chi connectivity index (χ3n) is 5.44. The Morgan fingerprint density at radius 3 is 1.80 bits per heavy atom. The van der Waals surface area contributed by atoms with E-state index in [1.54, 1.807) is 6.92 Å². The maximum Gasteiger partial charge on any atom is 0.332 e. The van der Waals surface area contributed by atoms with Crippen LogP contribution in [0, 0.1) is 0 Å². The molecule has 1 aliphatic rings. The molecule has 3 rings (SSSR count). The fourth-order valence-corrected chi connectivity index (χ4v) is 3.57. The molecule has 8 heteroatoms. The lowest BCUT2D eigenvalue weighted by Crippen LogP contribution is -2.46. The summed E-state index contributed by atoms with van der Waals surface area (Å²) in [7, 11) is 0. The minimum absolute atomic E-state index is 0.159. The van der Waals surface area contributed by atoms with Gasteiger partial charge in [-0.05, 0) is 37.6 Å². The Morgan fingerprint density at radius 1 is 0.800 bits per heavy atom. The quantitative estimate of drug-likeness (QED) is 0.529. The minimum atomic E-state index is -0.900. The highest BCUT2D eigenvalue weighted by atomic mass is 16.6. The third kappa shape index (κ3) is 8.64. The largest absolute Gasteiger partial charge is 0.487 e. The van der Waals surface area contributed by atoms with E-state index in [4.69, 9.17) is 33.2 Å². The summed E-state index contributed by atoms with van der Waals surface area (Å²) in [6.45, 7) is 5.86. The second-order valence-electron chi connectivity index (χ2n) is 8.16. The van der Waals surface area contributed by atoms with Gasteiger partial charge in [0.2, 0.25) is 0 Å². The molecule has 0 fully saturated rings. The summed E-state index contributed by atoms with van der Waals surface area (Å²) in [6.07, 6.45) is 2.44. The molecule has 0 saturated carbocycles. The predicted octanol–water partition coefficient (Wildman–Crippen LogP) is 4.44. The van der Waals surface area contributed by atoms with Crippen LogP contribution in [0.2, 0.25) is 0 Å². The van der Waals surface area contributed by atoms with Gasteiger partial charge < -0.3 is 33.2 Å². The van der Waals surface area contributed by atoms with Crippen LogP contribution in [0.4, 0.5) is 0 Å². The lowest BCUT2D eigenvalue weighted by molar-refractivity contribution is -0.162. The van der Waals surface area contributed by atoms with Gasteiger partial charge in [0.15, 0.2) is 23.0 Å². The molecule has 8 nitrogen and oxygen atoms in total. The zero-order chi connectivity index (χ0) is 24.8. The zero-order valence-electron chi connectivity index (χ0n) is 20.7. The van der Waals surface area contributed by atoms with E-state index in [0.717, 1.165) is 12.8 Å². The van der Waals surface area contributed by atoms with Crippen LogP contribution in [-0.2, 0) is 19.0 Å². The molecule has 0 bridgehead atoms. The Labute approximate surface area is 207 Å². The van der Waals surface area contributed by atoms with Crippen LogP contribution in [0.1, 0.15) is 33.1 Å². The zero-order valence-corrected chi connectivity index (χ0v) is 20.7. The first kappa shape index (κ1) is 26.6. The van der Waals surface area contributed by atoms with Gasteiger partial charge in [-0.3, -0.25) is 0 Å². The average Bonchev–Trinajstić information content (AvgIpc) is 2.88. The van der Waals surface area contributed by atoms with Crippen LogP contribution in [0.15, 0.2) is 48.5 Å². The van der Waals surface area contributed by atoms with Crippen molar-refractivity contribution in [2.75, 3.05) is 52.9 Å². The molecule has 35 heavy (non-hydrogen) atoms. The Kier molecular flexibility index (Phi) is 11.0. The van der Waals surface area contributed by atoms with Crippen molar-refractivity contribution in [3.8, 4) is 23.0 Å². The highest BCUT2D eigenvalue weighted by molar-refractivity contribution is 5.70. The van der Waals surface area contributed by atoms with Crippen LogP contribution in [0.25, 0.3) is 0 Å². The second kappa shape index (κ2) is 14.4. The van der Waals surface area contributed by atoms with E-state index in [9.17, 15) is 4.79 Å². The lowest BCUT2D eigenvalue weighted by atomic mass is 9.98. The number of fused-ring (bicyclic) bond motifs is 2. The number of hydrogen-bond acceptors (Lipinski definition) is 8. The van der Waals surface area contributed by atoms with E-state index in [1.165, 1.54) is 0 Å². The van der Waals surface area contributed by atoms with Crippen molar-refractivity contribution in [1.29, 1.82) is 0 Å². The molecule has 2 aromatic rings. The topological polar surface area (TPSA) is 81.7 Å². The molecule has 0 unspecified atom stereocenters. The molecule has 1 aliphatic heterocycles. The molecule has 0 radical (unpaired) electrons. The molecule has 0 spiro atoms. The first-order chi connectivity index (χ1) is 17.2. The molecule has 0 amide bonds. The molecule has 0 N–H and O–H groups in total. The minimum Gasteiger partial charge on any atom is -0.487 e. The normalized spacial score (nSPS) is 16.3. The summed E-state index contributed by atoms with van der Waals surface area (Å²) in [5.74, 6) is 1.97. The van der Waals surface area contributed by atoms with E-state index in [1.807, 2.05) is 48.5 Å². The highest BCUT2D eigenvalue weighted by Crippen LogP contribution is 2.32. The maximum atomic E-state index is 12.1. The monoisotopic (exact) mass is 488 g/mol. The van der Waals surface area contributed by atoms with Crippen molar-refractivity contribution in [3.05, 3.63) is 48.5 Å². The number of carbonyl (C=O) groups excluding carboxylic acids is 1. The smallest absolute Gasteiger partial charge is 0.332 e. The molecule has 0 aromatic heterocycles. The van der Waals surface area contributed by atoms with E-state index in [0.29, 0.717) is 55.8 Å². The van der Waals surface area contributed by atoms with Gasteiger partial charge in [0.05, 0.1) is 19.8 Å². The van der Waals surface area contributed by atoms with Gasteiger partial charge >= 0.3 is 5.97 Å². The number of ether oxygens (including phenoxy) is 7. The standard InChI is InChI=1S/C27H36O8/c1-3-5-14-27(35-19-26(28)30-4-2)20-33-24-12-8-6-10-22(24)31-17-15-29-16-18-32-23-11-7-9-13-25(23)34-21-27/h6-13H,3-5,14-21H2,1-2H3. The summed E-state index contributed by atoms with van der Waals surface area (Å²) >= 11 is 0. The summed E-state index contributed by atoms with van der Waals surface area (Å²) in [5, 5.41) is 0. The Balaban J connectivity index is 1.88. The number of rotatable bonds is 7. The van der Waals surface area contributed by atoms with Gasteiger partial charge in [-0.1, -0.05) is 44.0 Å². The predicted molar refractivity (Wildman–Crippen MR) is 131 cm³/mol. The number of benzene rings is 2. The van der Waals surface area contributed by atoms with Crippen molar-refractivity contribution in [2.24, 2.45) is 0 Å². The Bertz CT molecular complexity index is 845. The van der Waals surface area contributed by atoms with E-state index in [-0.39, 0.29) is 26.4 Å². The number of unbranched alkanes of at least 4 members (excludes halogenated alkanes) is 1. The van der Waals surface area contributed by atoms with Crippen molar-refractivity contribution < 1.29 is 38.0 Å². The maximum absolute atomic E-state index is 12.1. The van der Waals surface area contributed by atoms with Gasteiger partial charge in [0.25, 0.3) is 0 Å². The van der Waals surface area contributed by atoms with Crippen LogP contribution in [0.5, 0.6) is 23.0 Å². The molecule has 0 atom stereocenters. The molecule has 0 aliphatic carbocycles. The van der Waals surface area contributed by atoms with Gasteiger partial charge in [-0.2, -0.15) is 0 Å². The van der Waals surface area contributed by atoms with Gasteiger partial charge in [0.1, 0.15) is 38.6 Å². The summed E-state index contributed by atoms with van der Waals surface area (Å²) < 4.78 is 41.1. The second-order valence-corrected chi connectivity index (χ2v) is 8.16. The fraction of sp³-hybridized carbons (Fsp3) is 0.519. The molecule has 0 saturated heterocycles. The fourth-order valence-electron chi connectivity index (χ4n) is 3.57. The van der Waals surface area contributed by atoms with Crippen LogP contribution < -0.4 is 18.9 Å². The van der Waals surface area contributed by atoms with Crippen LogP contribution in [0.3, 0.4) is 0 Å². The highest BCUT2D eigenvalue weighted by Gasteiger charge is 2.35. The first-order valence-electron chi connectivity index (χ1n) is 12.2. The molecule has 192 valence electrons. The third-order valence-corrected chi connectivity index (χ3v) is 5.44. The van der Waals surface area contributed by atoms with Crippen molar-refractivity contribution in [1.82, 2.24) is 0 Å². The Hall–Kier alpha value is -2.97. The van der Waals surface area contributed by atoms with Gasteiger partial charge in [-0.15, -0.1) is 0 Å². The van der Waals surface area contributed by atoms with Crippen LogP contribution >= 0.6 is 0 Å². The Morgan fingerprint density at radius 2 is 1.31 bits per heavy atom. The molecular weight excluding hydrogens is 452 g/mol. The summed E-state index contributed by atoms with van der Waals surface area (Å²) in [5.41, 5.74) is -0.900. The summed E-state index contributed by atoms with van der Waals surface area (Å²) in [6, 6.07) is 14.9. The van der Waals surface area contributed by atoms with Crippen molar-refractivity contribution >= 4 is 5.97 Å². The molecule has 2 aromatic carbocycles. The number of carbonyl (C=O) groups is 1.